The molecule has 136 valence electrons. The van der Waals surface area contributed by atoms with E-state index < -0.39 is 11.7 Å². The van der Waals surface area contributed by atoms with Crippen molar-refractivity contribution in [2.24, 2.45) is 5.92 Å². The Hall–Kier alpha value is -2.47. The van der Waals surface area contributed by atoms with Gasteiger partial charge in [0.2, 0.25) is 0 Å². The summed E-state index contributed by atoms with van der Waals surface area (Å²) in [6.07, 6.45) is 4.80. The minimum absolute atomic E-state index is 0.0795. The van der Waals surface area contributed by atoms with Gasteiger partial charge in [-0.1, -0.05) is 18.5 Å². The van der Waals surface area contributed by atoms with E-state index in [2.05, 4.69) is 17.2 Å². The van der Waals surface area contributed by atoms with Crippen LogP contribution in [0.25, 0.3) is 0 Å². The van der Waals surface area contributed by atoms with Crippen LogP contribution in [0.4, 0.5) is 10.1 Å². The van der Waals surface area contributed by atoms with E-state index in [1.54, 1.807) is 4.90 Å². The van der Waals surface area contributed by atoms with Gasteiger partial charge >= 0.3 is 0 Å². The van der Waals surface area contributed by atoms with Gasteiger partial charge in [0.05, 0.1) is 16.1 Å². The van der Waals surface area contributed by atoms with E-state index in [9.17, 15) is 14.0 Å². The lowest BCUT2D eigenvalue weighted by Crippen LogP contribution is -2.38. The largest absolute Gasteiger partial charge is 0.339 e. The van der Waals surface area contributed by atoms with E-state index in [1.165, 1.54) is 36.7 Å². The van der Waals surface area contributed by atoms with Gasteiger partial charge < -0.3 is 10.2 Å². The number of hydrogen-bond acceptors (Lipinski definition) is 3. The molecular formula is C19H19ClFN3O2. The number of rotatable bonds is 3. The van der Waals surface area contributed by atoms with Crippen LogP contribution in [-0.2, 0) is 0 Å². The number of hydrogen-bond donors (Lipinski definition) is 1. The molecule has 3 rings (SSSR count). The molecule has 1 aliphatic heterocycles. The van der Waals surface area contributed by atoms with Crippen LogP contribution in [0.15, 0.2) is 36.7 Å². The summed E-state index contributed by atoms with van der Waals surface area (Å²) in [6.45, 7) is 3.60. The predicted octanol–water partition coefficient (Wildman–Crippen LogP) is 4.00. The summed E-state index contributed by atoms with van der Waals surface area (Å²) in [5.41, 5.74) is 0.995. The van der Waals surface area contributed by atoms with Crippen molar-refractivity contribution in [3.8, 4) is 0 Å². The predicted molar refractivity (Wildman–Crippen MR) is 97.9 cm³/mol. The molecule has 0 aliphatic carbocycles. The first-order valence-corrected chi connectivity index (χ1v) is 8.82. The molecular weight excluding hydrogens is 357 g/mol. The molecule has 1 N–H and O–H groups in total. The van der Waals surface area contributed by atoms with Gasteiger partial charge in [-0.3, -0.25) is 14.6 Å². The molecule has 26 heavy (non-hydrogen) atoms. The van der Waals surface area contributed by atoms with Crippen LogP contribution in [0.3, 0.4) is 0 Å². The summed E-state index contributed by atoms with van der Waals surface area (Å²) in [7, 11) is 0. The second kappa shape index (κ2) is 7.83. The number of amides is 2. The van der Waals surface area contributed by atoms with Crippen LogP contribution in [0, 0.1) is 11.7 Å². The lowest BCUT2D eigenvalue weighted by atomic mass is 9.98. The van der Waals surface area contributed by atoms with Gasteiger partial charge in [-0.25, -0.2) is 4.39 Å². The highest BCUT2D eigenvalue weighted by molar-refractivity contribution is 6.31. The van der Waals surface area contributed by atoms with Gasteiger partial charge in [0.1, 0.15) is 5.82 Å². The number of nitrogens with zero attached hydrogens (tertiary/aromatic N) is 2. The summed E-state index contributed by atoms with van der Waals surface area (Å²) >= 11 is 5.72. The van der Waals surface area contributed by atoms with E-state index in [0.29, 0.717) is 30.3 Å². The van der Waals surface area contributed by atoms with E-state index in [0.717, 1.165) is 12.8 Å². The maximum absolute atomic E-state index is 13.2. The van der Waals surface area contributed by atoms with Gasteiger partial charge in [-0.05, 0) is 43.0 Å². The smallest absolute Gasteiger partial charge is 0.257 e. The van der Waals surface area contributed by atoms with Crippen LogP contribution in [0.5, 0.6) is 0 Å². The van der Waals surface area contributed by atoms with Gasteiger partial charge in [-0.2, -0.15) is 0 Å². The molecule has 0 atom stereocenters. The monoisotopic (exact) mass is 375 g/mol. The zero-order chi connectivity index (χ0) is 18.7. The molecule has 1 saturated heterocycles. The Kier molecular flexibility index (Phi) is 5.52. The van der Waals surface area contributed by atoms with Gasteiger partial charge in [0.15, 0.2) is 0 Å². The molecule has 5 nitrogen and oxygen atoms in total. The molecule has 7 heteroatoms. The molecule has 1 aromatic heterocycles. The number of aromatic nitrogens is 1. The maximum Gasteiger partial charge on any atom is 0.257 e. The Morgan fingerprint density at radius 3 is 2.58 bits per heavy atom. The average Bonchev–Trinajstić information content (AvgIpc) is 2.65. The first-order chi connectivity index (χ1) is 12.4. The quantitative estimate of drug-likeness (QED) is 0.882. The Labute approximate surface area is 156 Å². The van der Waals surface area contributed by atoms with E-state index in [1.807, 2.05) is 0 Å². The van der Waals surface area contributed by atoms with Gasteiger partial charge in [0, 0.05) is 31.2 Å². The van der Waals surface area contributed by atoms with Crippen LogP contribution < -0.4 is 5.32 Å². The molecule has 0 bridgehead atoms. The molecule has 1 aliphatic rings. The second-order valence-electron chi connectivity index (χ2n) is 6.52. The van der Waals surface area contributed by atoms with Crippen molar-refractivity contribution in [2.45, 2.75) is 19.8 Å². The van der Waals surface area contributed by atoms with Crippen molar-refractivity contribution in [1.29, 1.82) is 0 Å². The zero-order valence-electron chi connectivity index (χ0n) is 14.3. The topological polar surface area (TPSA) is 62.3 Å². The Morgan fingerprint density at radius 1 is 1.19 bits per heavy atom. The highest BCUT2D eigenvalue weighted by Crippen LogP contribution is 2.21. The minimum Gasteiger partial charge on any atom is -0.339 e. The normalized spacial score (nSPS) is 15.0. The second-order valence-corrected chi connectivity index (χ2v) is 6.93. The molecule has 2 aromatic rings. The fourth-order valence-electron chi connectivity index (χ4n) is 2.85. The molecule has 0 spiro atoms. The fourth-order valence-corrected chi connectivity index (χ4v) is 3.03. The average molecular weight is 376 g/mol. The third-order valence-electron chi connectivity index (χ3n) is 4.50. The SMILES string of the molecule is CC1CCN(C(=O)c2cncc(C(=O)Nc3ccc(F)c(Cl)c3)c2)CC1. The van der Waals surface area contributed by atoms with Gasteiger partial charge in [0.25, 0.3) is 11.8 Å². The standard InChI is InChI=1S/C19H19ClFN3O2/c1-12-4-6-24(7-5-12)19(26)14-8-13(10-22-11-14)18(25)23-15-2-3-17(21)16(20)9-15/h2-3,8-12H,4-7H2,1H3,(H,23,25). The number of carbonyl (C=O) groups excluding carboxylic acids is 2. The number of anilines is 1. The van der Waals surface area contributed by atoms with Crippen LogP contribution >= 0.6 is 11.6 Å². The van der Waals surface area contributed by atoms with Crippen LogP contribution in [0.1, 0.15) is 40.5 Å². The Bertz CT molecular complexity index is 835. The highest BCUT2D eigenvalue weighted by Gasteiger charge is 2.22. The summed E-state index contributed by atoms with van der Waals surface area (Å²) in [4.78, 5) is 30.8. The number of carbonyl (C=O) groups is 2. The van der Waals surface area contributed by atoms with E-state index in [-0.39, 0.29) is 16.5 Å². The van der Waals surface area contributed by atoms with Crippen molar-refractivity contribution >= 4 is 29.1 Å². The summed E-state index contributed by atoms with van der Waals surface area (Å²) < 4.78 is 13.2. The van der Waals surface area contributed by atoms with Gasteiger partial charge in [-0.15, -0.1) is 0 Å². The van der Waals surface area contributed by atoms with Crippen LogP contribution in [-0.4, -0.2) is 34.8 Å². The molecule has 0 saturated carbocycles. The van der Waals surface area contributed by atoms with E-state index in [4.69, 9.17) is 11.6 Å². The lowest BCUT2D eigenvalue weighted by Gasteiger charge is -2.30. The van der Waals surface area contributed by atoms with E-state index >= 15 is 0 Å². The zero-order valence-corrected chi connectivity index (χ0v) is 15.1. The number of nitrogens with one attached hydrogen (secondary N) is 1. The number of likely N-dealkylation sites (tertiary alicyclic amines) is 1. The van der Waals surface area contributed by atoms with Crippen LogP contribution in [0.2, 0.25) is 5.02 Å². The van der Waals surface area contributed by atoms with Crippen molar-refractivity contribution in [1.82, 2.24) is 9.88 Å². The molecule has 0 unspecified atom stereocenters. The third kappa shape index (κ3) is 4.19. The molecule has 2 heterocycles. The van der Waals surface area contributed by atoms with Crippen molar-refractivity contribution < 1.29 is 14.0 Å². The number of piperidine rings is 1. The minimum atomic E-state index is -0.560. The third-order valence-corrected chi connectivity index (χ3v) is 4.79. The Morgan fingerprint density at radius 2 is 1.88 bits per heavy atom. The first-order valence-electron chi connectivity index (χ1n) is 8.45. The molecule has 0 radical (unpaired) electrons. The first kappa shape index (κ1) is 18.3. The van der Waals surface area contributed by atoms with Crippen molar-refractivity contribution in [3.05, 3.63) is 58.6 Å². The maximum atomic E-state index is 13.2. The number of pyridine rings is 1. The lowest BCUT2D eigenvalue weighted by molar-refractivity contribution is 0.0697. The number of benzene rings is 1. The highest BCUT2D eigenvalue weighted by atomic mass is 35.5. The molecule has 2 amide bonds. The summed E-state index contributed by atoms with van der Waals surface area (Å²) in [5, 5.41) is 2.54. The summed E-state index contributed by atoms with van der Waals surface area (Å²) in [6, 6.07) is 5.43. The molecule has 1 aromatic carbocycles. The number of halogens is 2. The summed E-state index contributed by atoms with van der Waals surface area (Å²) in [5.74, 6) is -0.502. The molecule has 1 fully saturated rings. The van der Waals surface area contributed by atoms with Crippen molar-refractivity contribution in [3.63, 3.8) is 0 Å². The fraction of sp³-hybridized carbons (Fsp3) is 0.316. The van der Waals surface area contributed by atoms with Crippen molar-refractivity contribution in [2.75, 3.05) is 18.4 Å². The Balaban J connectivity index is 1.72.